The van der Waals surface area contributed by atoms with Gasteiger partial charge in [-0.3, -0.25) is 33.8 Å². The highest BCUT2D eigenvalue weighted by molar-refractivity contribution is 6.39. The lowest BCUT2D eigenvalue weighted by Gasteiger charge is -2.43. The molecule has 0 radical (unpaired) electrons. The summed E-state index contributed by atoms with van der Waals surface area (Å²) in [5.41, 5.74) is 0.748. The summed E-state index contributed by atoms with van der Waals surface area (Å²) in [6.45, 7) is -0.755. The lowest BCUT2D eigenvalue weighted by Crippen LogP contribution is -2.64. The highest BCUT2D eigenvalue weighted by atomic mass is 35.5. The second kappa shape index (κ2) is 15.7. The van der Waals surface area contributed by atoms with E-state index in [0.29, 0.717) is 12.8 Å². The molecule has 2 aliphatic heterocycles. The number of ether oxygens (including phenoxy) is 1. The number of carboxylic acid groups (broad SMARTS) is 1. The van der Waals surface area contributed by atoms with Gasteiger partial charge in [0, 0.05) is 19.4 Å². The number of nitrogens with zero attached hydrogens (tertiary/aromatic N) is 2. The van der Waals surface area contributed by atoms with Gasteiger partial charge in [0.25, 0.3) is 5.91 Å². The van der Waals surface area contributed by atoms with Gasteiger partial charge in [0.2, 0.25) is 17.7 Å². The molecular weight excluding hydrogens is 643 g/mol. The number of amides is 4. The van der Waals surface area contributed by atoms with Crippen LogP contribution in [0.1, 0.15) is 54.4 Å². The maximum Gasteiger partial charge on any atom is 0.341 e. The number of hydrogen-bond acceptors (Lipinski definition) is 8. The van der Waals surface area contributed by atoms with E-state index in [9.17, 15) is 38.7 Å². The van der Waals surface area contributed by atoms with Crippen molar-refractivity contribution in [3.8, 4) is 0 Å². The molecule has 15 heteroatoms. The van der Waals surface area contributed by atoms with Crippen LogP contribution in [0.3, 0.4) is 0 Å². The van der Waals surface area contributed by atoms with Gasteiger partial charge in [-0.2, -0.15) is 0 Å². The molecule has 2 aliphatic rings. The second-order valence-corrected chi connectivity index (χ2v) is 11.6. The van der Waals surface area contributed by atoms with Crippen molar-refractivity contribution in [2.45, 2.75) is 63.1 Å². The van der Waals surface area contributed by atoms with Crippen LogP contribution in [0.2, 0.25) is 10.0 Å². The summed E-state index contributed by atoms with van der Waals surface area (Å²) < 4.78 is 5.01. The third-order valence-electron chi connectivity index (χ3n) is 7.58. The number of nitrogens with one attached hydrogen (secondary N) is 2. The standard InChI is InChI=1S/C31H32Cl2N4O9/c32-19-8-4-9-20(33)28(19)31(45)46-17-24(38)22(16-27(41)42)35-29(43)23-10-5-15-36-26(40)14-12-21(30(44)37(23)36)34-25(39)13-11-18-6-2-1-3-7-18/h1-4,6-9,21-23H,5,10-17H2,(H,34,39)(H,35,43)(H,41,42)/t21-,22-,23-/m0/s1. The zero-order chi connectivity index (χ0) is 33.4. The van der Waals surface area contributed by atoms with E-state index in [-0.39, 0.29) is 47.8 Å². The van der Waals surface area contributed by atoms with Crippen LogP contribution in [-0.4, -0.2) is 87.8 Å². The Balaban J connectivity index is 1.44. The number of carbonyl (C=O) groups excluding carboxylic acids is 6. The largest absolute Gasteiger partial charge is 0.481 e. The van der Waals surface area contributed by atoms with E-state index in [1.807, 2.05) is 30.3 Å². The summed E-state index contributed by atoms with van der Waals surface area (Å²) in [6, 6.07) is 9.59. The fourth-order valence-corrected chi connectivity index (χ4v) is 5.82. The minimum atomic E-state index is -1.64. The van der Waals surface area contributed by atoms with E-state index >= 15 is 0 Å². The summed E-state index contributed by atoms with van der Waals surface area (Å²) in [5.74, 6) is -5.79. The number of ketones is 1. The number of carbonyl (C=O) groups is 7. The summed E-state index contributed by atoms with van der Waals surface area (Å²) in [5, 5.41) is 16.6. The molecule has 0 spiro atoms. The Morgan fingerprint density at radius 2 is 1.67 bits per heavy atom. The van der Waals surface area contributed by atoms with E-state index in [0.717, 1.165) is 15.6 Å². The average molecular weight is 676 g/mol. The van der Waals surface area contributed by atoms with Crippen molar-refractivity contribution >= 4 is 64.6 Å². The molecule has 13 nitrogen and oxygen atoms in total. The van der Waals surface area contributed by atoms with Crippen LogP contribution < -0.4 is 10.6 Å². The number of aryl methyl sites for hydroxylation is 1. The zero-order valence-corrected chi connectivity index (χ0v) is 26.1. The number of rotatable bonds is 12. The predicted octanol–water partition coefficient (Wildman–Crippen LogP) is 2.32. The van der Waals surface area contributed by atoms with Gasteiger partial charge in [-0.1, -0.05) is 59.6 Å². The summed E-state index contributed by atoms with van der Waals surface area (Å²) in [7, 11) is 0. The van der Waals surface area contributed by atoms with Gasteiger partial charge < -0.3 is 20.5 Å². The maximum atomic E-state index is 13.7. The Morgan fingerprint density at radius 3 is 2.35 bits per heavy atom. The minimum Gasteiger partial charge on any atom is -0.481 e. The first kappa shape index (κ1) is 34.4. The molecule has 0 bridgehead atoms. The van der Waals surface area contributed by atoms with Crippen LogP contribution in [0.5, 0.6) is 0 Å². The van der Waals surface area contributed by atoms with E-state index in [2.05, 4.69) is 10.6 Å². The maximum absolute atomic E-state index is 13.7. The molecule has 2 heterocycles. The smallest absolute Gasteiger partial charge is 0.341 e. The normalized spacial score (nSPS) is 18.6. The average Bonchev–Trinajstić information content (AvgIpc) is 3.14. The van der Waals surface area contributed by atoms with Crippen LogP contribution in [0.15, 0.2) is 48.5 Å². The molecule has 2 saturated heterocycles. The molecule has 0 saturated carbocycles. The Kier molecular flexibility index (Phi) is 11.7. The van der Waals surface area contributed by atoms with Crippen LogP contribution in [0.4, 0.5) is 0 Å². The van der Waals surface area contributed by atoms with Crippen molar-refractivity contribution in [1.82, 2.24) is 20.7 Å². The lowest BCUT2D eigenvalue weighted by atomic mass is 10.0. The highest BCUT2D eigenvalue weighted by Gasteiger charge is 2.45. The van der Waals surface area contributed by atoms with Crippen molar-refractivity contribution in [2.75, 3.05) is 13.2 Å². The third kappa shape index (κ3) is 8.61. The van der Waals surface area contributed by atoms with Crippen molar-refractivity contribution in [3.63, 3.8) is 0 Å². The Bertz CT molecular complexity index is 1500. The third-order valence-corrected chi connectivity index (χ3v) is 8.21. The highest BCUT2D eigenvalue weighted by Crippen LogP contribution is 2.26. The van der Waals surface area contributed by atoms with Crippen LogP contribution >= 0.6 is 23.2 Å². The van der Waals surface area contributed by atoms with Gasteiger partial charge >= 0.3 is 11.9 Å². The first-order valence-corrected chi connectivity index (χ1v) is 15.3. The fraction of sp³-hybridized carbons (Fsp3) is 0.387. The number of benzene rings is 2. The molecule has 2 fully saturated rings. The molecule has 244 valence electrons. The predicted molar refractivity (Wildman–Crippen MR) is 163 cm³/mol. The molecule has 2 aromatic carbocycles. The number of hydrogen-bond donors (Lipinski definition) is 3. The molecule has 4 rings (SSSR count). The van der Waals surface area contributed by atoms with Crippen LogP contribution in [0.25, 0.3) is 0 Å². The second-order valence-electron chi connectivity index (χ2n) is 10.8. The zero-order valence-electron chi connectivity index (χ0n) is 24.6. The van der Waals surface area contributed by atoms with Gasteiger partial charge in [0.1, 0.15) is 18.1 Å². The molecule has 0 aromatic heterocycles. The first-order chi connectivity index (χ1) is 22.0. The SMILES string of the molecule is O=C(O)C[C@H](NC(=O)[C@@H]1CCCN2C(=O)CC[C@H](NC(=O)CCc3ccccc3)C(=O)N12)C(=O)COC(=O)c1c(Cl)cccc1Cl. The van der Waals surface area contributed by atoms with Gasteiger partial charge in [0.15, 0.2) is 12.4 Å². The van der Waals surface area contributed by atoms with E-state index in [4.69, 9.17) is 27.9 Å². The van der Waals surface area contributed by atoms with Crippen molar-refractivity contribution in [1.29, 1.82) is 0 Å². The molecular formula is C31H32Cl2N4O9. The van der Waals surface area contributed by atoms with Crippen molar-refractivity contribution < 1.29 is 43.4 Å². The Morgan fingerprint density at radius 1 is 0.978 bits per heavy atom. The van der Waals surface area contributed by atoms with Gasteiger partial charge in [-0.15, -0.1) is 0 Å². The number of hydrazine groups is 1. The van der Waals surface area contributed by atoms with Gasteiger partial charge in [0.05, 0.1) is 22.0 Å². The van der Waals surface area contributed by atoms with E-state index in [1.165, 1.54) is 18.2 Å². The summed E-state index contributed by atoms with van der Waals surface area (Å²) in [4.78, 5) is 90.1. The summed E-state index contributed by atoms with van der Waals surface area (Å²) in [6.07, 6.45) is 0.102. The van der Waals surface area contributed by atoms with Crippen molar-refractivity contribution in [3.05, 3.63) is 69.7 Å². The molecule has 46 heavy (non-hydrogen) atoms. The lowest BCUT2D eigenvalue weighted by molar-refractivity contribution is -0.176. The molecule has 2 aromatic rings. The van der Waals surface area contributed by atoms with Crippen molar-refractivity contribution in [2.24, 2.45) is 0 Å². The molecule has 0 aliphatic carbocycles. The van der Waals surface area contributed by atoms with E-state index < -0.39 is 72.5 Å². The molecule has 0 unspecified atom stereocenters. The number of fused-ring (bicyclic) bond motifs is 1. The number of halogens is 2. The van der Waals surface area contributed by atoms with Gasteiger partial charge in [-0.05, 0) is 43.4 Å². The quantitative estimate of drug-likeness (QED) is 0.285. The van der Waals surface area contributed by atoms with Crippen LogP contribution in [0, 0.1) is 0 Å². The number of esters is 1. The molecule has 3 atom stereocenters. The topological polar surface area (TPSA) is 179 Å². The Labute approximate surface area is 274 Å². The first-order valence-electron chi connectivity index (χ1n) is 14.6. The van der Waals surface area contributed by atoms with Gasteiger partial charge in [-0.25, -0.2) is 9.80 Å². The van der Waals surface area contributed by atoms with Crippen LogP contribution in [-0.2, 0) is 39.9 Å². The number of carboxylic acids is 1. The monoisotopic (exact) mass is 674 g/mol. The molecule has 3 N–H and O–H groups in total. The number of Topliss-reactive ketones (excluding diaryl/α,β-unsaturated/α-hetero) is 1. The Hall–Kier alpha value is -4.49. The summed E-state index contributed by atoms with van der Waals surface area (Å²) >= 11 is 12.0. The van der Waals surface area contributed by atoms with E-state index in [1.54, 1.807) is 0 Å². The molecule has 4 amide bonds. The fourth-order valence-electron chi connectivity index (χ4n) is 5.27. The number of aliphatic carboxylic acids is 1. The minimum absolute atomic E-state index is 0.0236.